The summed E-state index contributed by atoms with van der Waals surface area (Å²) in [6.07, 6.45) is 8.28. The number of nitrogens with zero attached hydrogens (tertiary/aromatic N) is 4. The molecule has 1 fully saturated rings. The van der Waals surface area contributed by atoms with E-state index in [4.69, 9.17) is 4.98 Å². The third kappa shape index (κ3) is 5.45. The Balaban J connectivity index is 1.45. The van der Waals surface area contributed by atoms with Crippen LogP contribution >= 0.6 is 0 Å². The van der Waals surface area contributed by atoms with E-state index in [1.807, 2.05) is 6.07 Å². The van der Waals surface area contributed by atoms with Gasteiger partial charge in [-0.25, -0.2) is 4.98 Å². The normalized spacial score (nSPS) is 15.9. The smallest absolute Gasteiger partial charge is 0.204 e. The lowest BCUT2D eigenvalue weighted by Crippen LogP contribution is -2.41. The maximum atomic E-state index is 9.35. The first-order valence-corrected chi connectivity index (χ1v) is 13.1. The van der Waals surface area contributed by atoms with Crippen molar-refractivity contribution in [2.45, 2.75) is 84.3 Å². The number of unbranched alkanes of at least 4 members (excludes halogenated alkanes) is 2. The van der Waals surface area contributed by atoms with Crippen molar-refractivity contribution < 1.29 is 0 Å². The van der Waals surface area contributed by atoms with Crippen LogP contribution in [0.4, 0.5) is 5.95 Å². The van der Waals surface area contributed by atoms with Crippen molar-refractivity contribution in [3.8, 4) is 6.07 Å². The van der Waals surface area contributed by atoms with E-state index in [-0.39, 0.29) is 0 Å². The van der Waals surface area contributed by atoms with Gasteiger partial charge in [-0.05, 0) is 61.9 Å². The lowest BCUT2D eigenvalue weighted by atomic mass is 9.93. The van der Waals surface area contributed by atoms with E-state index in [1.165, 1.54) is 36.8 Å². The predicted octanol–water partition coefficient (Wildman–Crippen LogP) is 6.82. The zero-order chi connectivity index (χ0) is 23.9. The summed E-state index contributed by atoms with van der Waals surface area (Å²) >= 11 is 0. The van der Waals surface area contributed by atoms with Crippen molar-refractivity contribution in [1.82, 2.24) is 14.5 Å². The average Bonchev–Trinajstić information content (AvgIpc) is 3.20. The summed E-state index contributed by atoms with van der Waals surface area (Å²) < 4.78 is 2.34. The number of nitrogens with one attached hydrogen (secondary N) is 1. The van der Waals surface area contributed by atoms with Gasteiger partial charge in [0.25, 0.3) is 0 Å². The minimum atomic E-state index is 0.434. The molecule has 2 heterocycles. The summed E-state index contributed by atoms with van der Waals surface area (Å²) in [5.74, 6) is 1.02. The Kier molecular flexibility index (Phi) is 8.24. The Bertz CT molecular complexity index is 1120. The van der Waals surface area contributed by atoms with Gasteiger partial charge >= 0.3 is 0 Å². The van der Waals surface area contributed by atoms with Gasteiger partial charge in [-0.3, -0.25) is 4.90 Å². The molecular weight excluding hydrogens is 418 g/mol. The molecular formula is C29H39N5. The quantitative estimate of drug-likeness (QED) is 0.339. The number of nitriles is 1. The molecule has 0 bridgehead atoms. The highest BCUT2D eigenvalue weighted by molar-refractivity contribution is 5.78. The van der Waals surface area contributed by atoms with E-state index in [0.717, 1.165) is 61.5 Å². The first-order chi connectivity index (χ1) is 16.6. The maximum Gasteiger partial charge on any atom is 0.204 e. The van der Waals surface area contributed by atoms with Crippen LogP contribution in [0.5, 0.6) is 0 Å². The third-order valence-corrected chi connectivity index (χ3v) is 7.24. The van der Waals surface area contributed by atoms with Crippen molar-refractivity contribution in [1.29, 1.82) is 5.26 Å². The molecule has 0 saturated carbocycles. The summed E-state index contributed by atoms with van der Waals surface area (Å²) in [5, 5.41) is 13.1. The molecule has 1 atom stereocenters. The van der Waals surface area contributed by atoms with E-state index < -0.39 is 0 Å². The molecule has 5 nitrogen and oxygen atoms in total. The highest BCUT2D eigenvalue weighted by Gasteiger charge is 2.27. The van der Waals surface area contributed by atoms with Crippen molar-refractivity contribution in [3.05, 3.63) is 59.2 Å². The maximum absolute atomic E-state index is 9.35. The van der Waals surface area contributed by atoms with Crippen LogP contribution in [0.2, 0.25) is 0 Å². The molecule has 180 valence electrons. The number of piperidine rings is 1. The number of aryl methyl sites for hydroxylation is 2. The van der Waals surface area contributed by atoms with Crippen molar-refractivity contribution in [2.24, 2.45) is 0 Å². The van der Waals surface area contributed by atoms with Crippen LogP contribution < -0.4 is 5.32 Å². The average molecular weight is 458 g/mol. The van der Waals surface area contributed by atoms with E-state index in [2.05, 4.69) is 78.0 Å². The molecule has 34 heavy (non-hydrogen) atoms. The number of para-hydroxylation sites is 2. The van der Waals surface area contributed by atoms with Gasteiger partial charge in [-0.2, -0.15) is 5.26 Å². The number of fused-ring (bicyclic) bond motifs is 1. The van der Waals surface area contributed by atoms with Gasteiger partial charge in [0.05, 0.1) is 22.7 Å². The van der Waals surface area contributed by atoms with E-state index in [9.17, 15) is 5.26 Å². The second-order valence-corrected chi connectivity index (χ2v) is 9.73. The Morgan fingerprint density at radius 1 is 1.09 bits per heavy atom. The molecule has 1 saturated heterocycles. The van der Waals surface area contributed by atoms with Crippen molar-refractivity contribution in [3.63, 3.8) is 0 Å². The molecule has 0 radical (unpaired) electrons. The van der Waals surface area contributed by atoms with Gasteiger partial charge in [-0.15, -0.1) is 0 Å². The Morgan fingerprint density at radius 3 is 2.59 bits per heavy atom. The zero-order valence-electron chi connectivity index (χ0n) is 21.1. The molecule has 0 amide bonds. The van der Waals surface area contributed by atoms with Crippen LogP contribution in [0.15, 0.2) is 42.5 Å². The molecule has 0 spiro atoms. The largest absolute Gasteiger partial charge is 0.353 e. The monoisotopic (exact) mass is 457 g/mol. The molecule has 1 unspecified atom stereocenters. The van der Waals surface area contributed by atoms with Crippen LogP contribution in [-0.2, 0) is 6.54 Å². The lowest BCUT2D eigenvalue weighted by Gasteiger charge is -2.38. The summed E-state index contributed by atoms with van der Waals surface area (Å²) in [7, 11) is 0. The Hall–Kier alpha value is -2.84. The fourth-order valence-corrected chi connectivity index (χ4v) is 5.34. The Labute approximate surface area is 204 Å². The number of imidazole rings is 1. The number of rotatable bonds is 10. The first kappa shape index (κ1) is 24.3. The highest BCUT2D eigenvalue weighted by Crippen LogP contribution is 2.32. The summed E-state index contributed by atoms with van der Waals surface area (Å²) in [6.45, 7) is 9.70. The SMILES string of the molecule is CCCCCC(c1ccc(C#N)c(C)c1)N1CCC(Nc2nc3ccccc3n2CCC)CC1. The fraction of sp³-hybridized carbons (Fsp3) is 0.517. The van der Waals surface area contributed by atoms with Crippen molar-refractivity contribution >= 4 is 17.0 Å². The number of anilines is 1. The van der Waals surface area contributed by atoms with Gasteiger partial charge in [-0.1, -0.05) is 57.4 Å². The number of hydrogen-bond acceptors (Lipinski definition) is 4. The molecule has 1 N–H and O–H groups in total. The highest BCUT2D eigenvalue weighted by atomic mass is 15.2. The van der Waals surface area contributed by atoms with Crippen LogP contribution in [0.25, 0.3) is 11.0 Å². The first-order valence-electron chi connectivity index (χ1n) is 13.1. The Morgan fingerprint density at radius 2 is 1.88 bits per heavy atom. The number of likely N-dealkylation sites (tertiary alicyclic amines) is 1. The van der Waals surface area contributed by atoms with Crippen LogP contribution in [0.3, 0.4) is 0 Å². The zero-order valence-corrected chi connectivity index (χ0v) is 21.1. The second kappa shape index (κ2) is 11.5. The molecule has 1 aromatic heterocycles. The van der Waals surface area contributed by atoms with Gasteiger partial charge < -0.3 is 9.88 Å². The predicted molar refractivity (Wildman–Crippen MR) is 141 cm³/mol. The topological polar surface area (TPSA) is 56.9 Å². The van der Waals surface area contributed by atoms with Crippen molar-refractivity contribution in [2.75, 3.05) is 18.4 Å². The molecule has 2 aromatic carbocycles. The van der Waals surface area contributed by atoms with Gasteiger partial charge in [0.1, 0.15) is 0 Å². The van der Waals surface area contributed by atoms with E-state index >= 15 is 0 Å². The van der Waals surface area contributed by atoms with Crippen LogP contribution in [-0.4, -0.2) is 33.6 Å². The molecule has 0 aliphatic carbocycles. The second-order valence-electron chi connectivity index (χ2n) is 9.73. The van der Waals surface area contributed by atoms with Gasteiger partial charge in [0, 0.05) is 31.7 Å². The summed E-state index contributed by atoms with van der Waals surface area (Å²) in [4.78, 5) is 7.59. The third-order valence-electron chi connectivity index (χ3n) is 7.24. The lowest BCUT2D eigenvalue weighted by molar-refractivity contribution is 0.147. The van der Waals surface area contributed by atoms with Crippen LogP contribution in [0, 0.1) is 18.3 Å². The molecule has 4 rings (SSSR count). The number of aromatic nitrogens is 2. The minimum Gasteiger partial charge on any atom is -0.353 e. The van der Waals surface area contributed by atoms with Crippen LogP contribution in [0.1, 0.15) is 81.5 Å². The van der Waals surface area contributed by atoms with Gasteiger partial charge in [0.2, 0.25) is 5.95 Å². The van der Waals surface area contributed by atoms with E-state index in [1.54, 1.807) is 0 Å². The molecule has 1 aliphatic heterocycles. The summed E-state index contributed by atoms with van der Waals surface area (Å²) in [6, 6.07) is 18.1. The fourth-order valence-electron chi connectivity index (χ4n) is 5.34. The molecule has 5 heteroatoms. The summed E-state index contributed by atoms with van der Waals surface area (Å²) in [5.41, 5.74) is 5.53. The van der Waals surface area contributed by atoms with E-state index in [0.29, 0.717) is 12.1 Å². The molecule has 3 aromatic rings. The van der Waals surface area contributed by atoms with Gasteiger partial charge in [0.15, 0.2) is 0 Å². The number of hydrogen-bond donors (Lipinski definition) is 1. The molecule has 1 aliphatic rings. The number of benzene rings is 2. The minimum absolute atomic E-state index is 0.434. The standard InChI is InChI=1S/C29H39N5/c1-4-6-7-11-27(23-13-14-24(21-30)22(3)20-23)33-18-15-25(16-19-33)31-29-32-26-10-8-9-12-28(26)34(29)17-5-2/h8-10,12-14,20,25,27H,4-7,11,15-19H2,1-3H3,(H,31,32).